The minimum Gasteiger partial charge on any atom is -0.381 e. The van der Waals surface area contributed by atoms with Gasteiger partial charge in [0.25, 0.3) is 0 Å². The smallest absolute Gasteiger partial charge is 0.109 e. The Balaban J connectivity index is 2.94. The number of benzene rings is 1. The molecule has 1 aromatic rings. The van der Waals surface area contributed by atoms with Crippen LogP contribution in [0.1, 0.15) is 12.5 Å². The first-order chi connectivity index (χ1) is 7.22. The van der Waals surface area contributed by atoms with E-state index in [1.54, 1.807) is 0 Å². The van der Waals surface area contributed by atoms with E-state index >= 15 is 0 Å². The van der Waals surface area contributed by atoms with Gasteiger partial charge < -0.3 is 5.11 Å². The van der Waals surface area contributed by atoms with Crippen molar-refractivity contribution in [2.75, 3.05) is 0 Å². The summed E-state index contributed by atoms with van der Waals surface area (Å²) >= 11 is 3.38. The fraction of sp³-hybridized carbons (Fsp3) is 0.385. The van der Waals surface area contributed by atoms with Crippen molar-refractivity contribution in [2.45, 2.75) is 31.8 Å². The van der Waals surface area contributed by atoms with Gasteiger partial charge in [-0.2, -0.15) is 0 Å². The van der Waals surface area contributed by atoms with Gasteiger partial charge in [0.2, 0.25) is 0 Å². The van der Waals surface area contributed by atoms with Gasteiger partial charge in [-0.25, -0.2) is 0 Å². The lowest BCUT2D eigenvalue weighted by Crippen LogP contribution is -2.48. The molecule has 0 aliphatic carbocycles. The van der Waals surface area contributed by atoms with Gasteiger partial charge >= 0.3 is 0 Å². The lowest BCUT2D eigenvalue weighted by atomic mass is 10.2. The summed E-state index contributed by atoms with van der Waals surface area (Å²) in [7, 11) is -1.68. The second-order valence-electron chi connectivity index (χ2n) is 5.08. The Bertz CT molecular complexity index is 418. The monoisotopic (exact) mass is 296 g/mol. The molecule has 0 saturated carbocycles. The van der Waals surface area contributed by atoms with E-state index in [4.69, 9.17) is 0 Å². The van der Waals surface area contributed by atoms with Crippen LogP contribution in [-0.2, 0) is 0 Å². The molecular formula is C13H17BrOSi. The Morgan fingerprint density at radius 1 is 1.19 bits per heavy atom. The van der Waals surface area contributed by atoms with Crippen LogP contribution in [0.5, 0.6) is 0 Å². The summed E-state index contributed by atoms with van der Waals surface area (Å²) in [6.45, 7) is 8.15. The lowest BCUT2D eigenvalue weighted by Gasteiger charge is -2.30. The highest BCUT2D eigenvalue weighted by Crippen LogP contribution is 2.19. The maximum absolute atomic E-state index is 10.2. The molecule has 3 heteroatoms. The number of rotatable bonds is 1. The quantitative estimate of drug-likeness (QED) is 0.622. The summed E-state index contributed by atoms with van der Waals surface area (Å²) in [5.41, 5.74) is 0.932. The molecule has 0 spiro atoms. The standard InChI is InChI=1S/C13H17BrOSi/c1-13(15,16(2,3)4)10-9-11-5-7-12(14)8-6-11/h5-8,15H,1-4H3/t13-/m1/s1. The van der Waals surface area contributed by atoms with Crippen molar-refractivity contribution in [1.82, 2.24) is 0 Å². The maximum Gasteiger partial charge on any atom is 0.109 e. The third-order valence-corrected chi connectivity index (χ3v) is 6.33. The van der Waals surface area contributed by atoms with Crippen LogP contribution in [0, 0.1) is 11.8 Å². The lowest BCUT2D eigenvalue weighted by molar-refractivity contribution is 0.197. The summed E-state index contributed by atoms with van der Waals surface area (Å²) in [5.74, 6) is 6.02. The minimum atomic E-state index is -1.68. The first-order valence-electron chi connectivity index (χ1n) is 5.23. The molecule has 1 nitrogen and oxygen atoms in total. The van der Waals surface area contributed by atoms with E-state index in [-0.39, 0.29) is 0 Å². The number of hydrogen-bond donors (Lipinski definition) is 1. The summed E-state index contributed by atoms with van der Waals surface area (Å²) in [5, 5.41) is 9.40. The second-order valence-corrected chi connectivity index (χ2v) is 11.5. The normalized spacial score (nSPS) is 14.9. The molecule has 1 rings (SSSR count). The van der Waals surface area contributed by atoms with Crippen LogP contribution in [0.3, 0.4) is 0 Å². The SMILES string of the molecule is C[C@](O)(C#Cc1ccc(Br)cc1)[Si](C)(C)C. The summed E-state index contributed by atoms with van der Waals surface area (Å²) in [4.78, 5) is 0. The highest BCUT2D eigenvalue weighted by molar-refractivity contribution is 9.10. The van der Waals surface area contributed by atoms with E-state index in [9.17, 15) is 5.11 Å². The first-order valence-corrected chi connectivity index (χ1v) is 9.53. The van der Waals surface area contributed by atoms with Crippen LogP contribution in [-0.4, -0.2) is 18.4 Å². The Hall–Kier alpha value is -0.563. The zero-order valence-corrected chi connectivity index (χ0v) is 12.7. The van der Waals surface area contributed by atoms with E-state index in [0.717, 1.165) is 10.0 Å². The van der Waals surface area contributed by atoms with Crippen molar-refractivity contribution in [2.24, 2.45) is 0 Å². The molecule has 0 amide bonds. The van der Waals surface area contributed by atoms with Crippen molar-refractivity contribution < 1.29 is 5.11 Å². The average Bonchev–Trinajstić information content (AvgIpc) is 2.15. The highest BCUT2D eigenvalue weighted by atomic mass is 79.9. The van der Waals surface area contributed by atoms with E-state index in [1.165, 1.54) is 0 Å². The number of hydrogen-bond acceptors (Lipinski definition) is 1. The molecule has 0 saturated heterocycles. The summed E-state index contributed by atoms with van der Waals surface area (Å²) < 4.78 is 1.04. The fourth-order valence-electron chi connectivity index (χ4n) is 0.915. The van der Waals surface area contributed by atoms with Crippen molar-refractivity contribution in [1.29, 1.82) is 0 Å². The predicted octanol–water partition coefficient (Wildman–Crippen LogP) is 3.43. The van der Waals surface area contributed by atoms with Gasteiger partial charge in [0.05, 0.1) is 8.07 Å². The molecule has 1 atom stereocenters. The van der Waals surface area contributed by atoms with Crippen LogP contribution in [0.15, 0.2) is 28.7 Å². The van der Waals surface area contributed by atoms with Gasteiger partial charge in [0, 0.05) is 10.0 Å². The van der Waals surface area contributed by atoms with E-state index in [2.05, 4.69) is 47.4 Å². The molecule has 0 radical (unpaired) electrons. The van der Waals surface area contributed by atoms with Crippen molar-refractivity contribution in [3.05, 3.63) is 34.3 Å². The fourth-order valence-corrected chi connectivity index (χ4v) is 1.62. The van der Waals surface area contributed by atoms with E-state index in [1.807, 2.05) is 31.2 Å². The Morgan fingerprint density at radius 3 is 2.12 bits per heavy atom. The van der Waals surface area contributed by atoms with Crippen molar-refractivity contribution >= 4 is 24.0 Å². The average molecular weight is 297 g/mol. The molecule has 0 fully saturated rings. The largest absolute Gasteiger partial charge is 0.381 e. The molecule has 0 bridgehead atoms. The highest BCUT2D eigenvalue weighted by Gasteiger charge is 2.35. The zero-order chi connectivity index (χ0) is 12.4. The Morgan fingerprint density at radius 2 is 1.69 bits per heavy atom. The first kappa shape index (κ1) is 13.5. The number of aliphatic hydroxyl groups is 1. The van der Waals surface area contributed by atoms with Crippen molar-refractivity contribution in [3.63, 3.8) is 0 Å². The number of halogens is 1. The molecule has 0 unspecified atom stereocenters. The molecule has 0 aliphatic heterocycles. The van der Waals surface area contributed by atoms with E-state index in [0.29, 0.717) is 0 Å². The van der Waals surface area contributed by atoms with E-state index < -0.39 is 13.3 Å². The molecule has 0 aliphatic rings. The van der Waals surface area contributed by atoms with Gasteiger partial charge in [-0.15, -0.1) is 0 Å². The van der Waals surface area contributed by atoms with Gasteiger partial charge in [-0.1, -0.05) is 47.4 Å². The molecule has 1 aromatic carbocycles. The predicted molar refractivity (Wildman–Crippen MR) is 75.0 cm³/mol. The molecule has 86 valence electrons. The minimum absolute atomic E-state index is 0.847. The van der Waals surface area contributed by atoms with Crippen LogP contribution < -0.4 is 0 Å². The maximum atomic E-state index is 10.2. The van der Waals surface area contributed by atoms with Crippen LogP contribution in [0.25, 0.3) is 0 Å². The second kappa shape index (κ2) is 4.75. The topological polar surface area (TPSA) is 20.2 Å². The zero-order valence-electron chi connectivity index (χ0n) is 10.1. The van der Waals surface area contributed by atoms with Gasteiger partial charge in [-0.05, 0) is 31.2 Å². The third kappa shape index (κ3) is 3.48. The Labute approximate surface area is 107 Å². The molecule has 16 heavy (non-hydrogen) atoms. The Kier molecular flexibility index (Phi) is 4.00. The molecular weight excluding hydrogens is 280 g/mol. The van der Waals surface area contributed by atoms with Crippen molar-refractivity contribution in [3.8, 4) is 11.8 Å². The van der Waals surface area contributed by atoms with Gasteiger partial charge in [0.1, 0.15) is 5.22 Å². The third-order valence-electron chi connectivity index (χ3n) is 2.75. The molecule has 0 heterocycles. The van der Waals surface area contributed by atoms with Crippen LogP contribution in [0.2, 0.25) is 19.6 Å². The molecule has 1 N–H and O–H groups in total. The van der Waals surface area contributed by atoms with Gasteiger partial charge in [0.15, 0.2) is 0 Å². The van der Waals surface area contributed by atoms with Crippen LogP contribution >= 0.6 is 15.9 Å². The van der Waals surface area contributed by atoms with Gasteiger partial charge in [-0.3, -0.25) is 0 Å². The van der Waals surface area contributed by atoms with Crippen LogP contribution in [0.4, 0.5) is 0 Å². The summed E-state index contributed by atoms with van der Waals surface area (Å²) in [6.07, 6.45) is 0. The summed E-state index contributed by atoms with van der Waals surface area (Å²) in [6, 6.07) is 7.79. The molecule has 0 aromatic heterocycles.